The third-order valence-corrected chi connectivity index (χ3v) is 5.41. The highest BCUT2D eigenvalue weighted by Gasteiger charge is 2.14. The van der Waals surface area contributed by atoms with Crippen LogP contribution >= 0.6 is 11.6 Å². The van der Waals surface area contributed by atoms with E-state index in [9.17, 15) is 10.1 Å². The quantitative estimate of drug-likeness (QED) is 0.658. The van der Waals surface area contributed by atoms with Crippen molar-refractivity contribution in [3.8, 4) is 6.07 Å². The van der Waals surface area contributed by atoms with Gasteiger partial charge in [-0.1, -0.05) is 11.6 Å². The topological polar surface area (TPSA) is 81.5 Å². The Balaban J connectivity index is 1.42. The molecule has 1 aliphatic heterocycles. The molecule has 0 saturated carbocycles. The van der Waals surface area contributed by atoms with E-state index in [1.54, 1.807) is 36.2 Å². The lowest BCUT2D eigenvalue weighted by Gasteiger charge is -2.28. The molecule has 1 aromatic heterocycles. The largest absolute Gasteiger partial charge is 0.378 e. The summed E-state index contributed by atoms with van der Waals surface area (Å²) < 4.78 is 5.38. The van der Waals surface area contributed by atoms with Gasteiger partial charge < -0.3 is 19.9 Å². The lowest BCUT2D eigenvalue weighted by atomic mass is 10.1. The molecular weight excluding hydrogens is 414 g/mol. The van der Waals surface area contributed by atoms with Crippen molar-refractivity contribution in [1.29, 1.82) is 5.26 Å². The number of carbonyl (C=O) groups excluding carboxylic acids is 1. The molecule has 4 rings (SSSR count). The number of benzene rings is 2. The van der Waals surface area contributed by atoms with Crippen molar-refractivity contribution in [3.05, 3.63) is 59.1 Å². The van der Waals surface area contributed by atoms with Gasteiger partial charge in [-0.2, -0.15) is 5.26 Å². The third-order valence-electron chi connectivity index (χ3n) is 5.18. The minimum Gasteiger partial charge on any atom is -0.378 e. The monoisotopic (exact) mass is 435 g/mol. The average molecular weight is 436 g/mol. The van der Waals surface area contributed by atoms with Crippen molar-refractivity contribution >= 4 is 45.6 Å². The van der Waals surface area contributed by atoms with E-state index in [1.165, 1.54) is 0 Å². The van der Waals surface area contributed by atoms with E-state index < -0.39 is 0 Å². The van der Waals surface area contributed by atoms with E-state index in [4.69, 9.17) is 16.3 Å². The Morgan fingerprint density at radius 2 is 1.97 bits per heavy atom. The number of carbonyl (C=O) groups is 1. The Bertz CT molecular complexity index is 1140. The second-order valence-electron chi connectivity index (χ2n) is 7.35. The maximum absolute atomic E-state index is 12.6. The highest BCUT2D eigenvalue weighted by molar-refractivity contribution is 6.31. The molecule has 0 aliphatic carbocycles. The number of amides is 1. The summed E-state index contributed by atoms with van der Waals surface area (Å²) in [5, 5.41) is 13.6. The van der Waals surface area contributed by atoms with Crippen LogP contribution in [0.4, 0.5) is 17.2 Å². The van der Waals surface area contributed by atoms with Gasteiger partial charge in [0.25, 0.3) is 0 Å². The molecule has 1 amide bonds. The first kappa shape index (κ1) is 20.9. The fourth-order valence-electron chi connectivity index (χ4n) is 3.55. The van der Waals surface area contributed by atoms with Crippen molar-refractivity contribution in [2.24, 2.45) is 0 Å². The molecule has 3 aromatic rings. The van der Waals surface area contributed by atoms with Crippen molar-refractivity contribution in [1.82, 2.24) is 4.98 Å². The van der Waals surface area contributed by atoms with Gasteiger partial charge in [0.15, 0.2) is 0 Å². The summed E-state index contributed by atoms with van der Waals surface area (Å²) in [7, 11) is 1.77. The first-order valence-corrected chi connectivity index (χ1v) is 10.4. The van der Waals surface area contributed by atoms with Crippen LogP contribution < -0.4 is 15.1 Å². The Morgan fingerprint density at radius 1 is 1.23 bits per heavy atom. The molecular formula is C23H22ClN5O2. The molecule has 0 bridgehead atoms. The van der Waals surface area contributed by atoms with Crippen LogP contribution in [-0.2, 0) is 9.53 Å². The molecule has 8 heteroatoms. The number of nitrogens with one attached hydrogen (secondary N) is 1. The van der Waals surface area contributed by atoms with Gasteiger partial charge in [0.05, 0.1) is 36.9 Å². The number of ether oxygens (including phenoxy) is 1. The van der Waals surface area contributed by atoms with E-state index in [2.05, 4.69) is 21.3 Å². The maximum Gasteiger partial charge on any atom is 0.243 e. The second kappa shape index (κ2) is 9.21. The number of morpholine rings is 1. The first-order valence-electron chi connectivity index (χ1n) is 9.97. The number of hydrogen-bond acceptors (Lipinski definition) is 6. The molecule has 2 aromatic carbocycles. The van der Waals surface area contributed by atoms with Gasteiger partial charge >= 0.3 is 0 Å². The third kappa shape index (κ3) is 4.88. The molecule has 1 aliphatic rings. The number of nitriles is 1. The molecule has 31 heavy (non-hydrogen) atoms. The van der Waals surface area contributed by atoms with Gasteiger partial charge in [-0.25, -0.2) is 4.98 Å². The zero-order valence-corrected chi connectivity index (χ0v) is 17.9. The van der Waals surface area contributed by atoms with Crippen LogP contribution in [0, 0.1) is 11.3 Å². The van der Waals surface area contributed by atoms with Gasteiger partial charge in [-0.05, 0) is 48.5 Å². The minimum atomic E-state index is -0.168. The van der Waals surface area contributed by atoms with E-state index >= 15 is 0 Å². The summed E-state index contributed by atoms with van der Waals surface area (Å²) in [6, 6.07) is 16.9. The molecule has 1 N–H and O–H groups in total. The molecule has 2 heterocycles. The fourth-order valence-corrected chi connectivity index (χ4v) is 3.72. The van der Waals surface area contributed by atoms with Crippen molar-refractivity contribution in [2.45, 2.75) is 0 Å². The Morgan fingerprint density at radius 3 is 2.68 bits per heavy atom. The number of anilines is 3. The molecule has 1 fully saturated rings. The van der Waals surface area contributed by atoms with Crippen LogP contribution in [0.15, 0.2) is 48.5 Å². The van der Waals surface area contributed by atoms with Crippen LogP contribution in [0.1, 0.15) is 5.56 Å². The van der Waals surface area contributed by atoms with Crippen LogP contribution in [0.2, 0.25) is 5.02 Å². The van der Waals surface area contributed by atoms with Crippen LogP contribution in [0.25, 0.3) is 10.9 Å². The number of rotatable bonds is 5. The summed E-state index contributed by atoms with van der Waals surface area (Å²) in [5.74, 6) is 0.377. The summed E-state index contributed by atoms with van der Waals surface area (Å²) in [5.41, 5.74) is 2.97. The van der Waals surface area contributed by atoms with Crippen molar-refractivity contribution < 1.29 is 9.53 Å². The molecule has 1 saturated heterocycles. The predicted molar refractivity (Wildman–Crippen MR) is 123 cm³/mol. The van der Waals surface area contributed by atoms with E-state index in [0.29, 0.717) is 27.3 Å². The number of hydrogen-bond donors (Lipinski definition) is 1. The SMILES string of the molecule is CN(CC(=O)Nc1ccc(N2CCOCC2)cc1)c1cc(C#N)c2cc(Cl)ccc2n1. The normalized spacial score (nSPS) is 13.6. The molecule has 0 unspecified atom stereocenters. The summed E-state index contributed by atoms with van der Waals surface area (Å²) in [6.45, 7) is 3.29. The van der Waals surface area contributed by atoms with Crippen molar-refractivity contribution in [3.63, 3.8) is 0 Å². The van der Waals surface area contributed by atoms with Gasteiger partial charge in [-0.15, -0.1) is 0 Å². The summed E-state index contributed by atoms with van der Waals surface area (Å²) in [6.07, 6.45) is 0. The summed E-state index contributed by atoms with van der Waals surface area (Å²) in [4.78, 5) is 21.1. The number of likely N-dealkylation sites (N-methyl/N-ethyl adjacent to an activating group) is 1. The van der Waals surface area contributed by atoms with Gasteiger partial charge in [0.1, 0.15) is 5.82 Å². The lowest BCUT2D eigenvalue weighted by Crippen LogP contribution is -2.36. The second-order valence-corrected chi connectivity index (χ2v) is 7.79. The molecule has 7 nitrogen and oxygen atoms in total. The number of fused-ring (bicyclic) bond motifs is 1. The summed E-state index contributed by atoms with van der Waals surface area (Å²) >= 11 is 6.04. The number of aromatic nitrogens is 1. The van der Waals surface area contributed by atoms with Crippen molar-refractivity contribution in [2.75, 3.05) is 55.0 Å². The van der Waals surface area contributed by atoms with E-state index in [1.807, 2.05) is 24.3 Å². The smallest absolute Gasteiger partial charge is 0.243 e. The Labute approximate surface area is 185 Å². The average Bonchev–Trinajstić information content (AvgIpc) is 2.79. The van der Waals surface area contributed by atoms with E-state index in [-0.39, 0.29) is 12.5 Å². The molecule has 158 valence electrons. The number of nitrogens with zero attached hydrogens (tertiary/aromatic N) is 4. The van der Waals surface area contributed by atoms with Gasteiger partial charge in [-0.3, -0.25) is 4.79 Å². The molecule has 0 spiro atoms. The van der Waals surface area contributed by atoms with Crippen LogP contribution in [0.3, 0.4) is 0 Å². The minimum absolute atomic E-state index is 0.0994. The zero-order valence-electron chi connectivity index (χ0n) is 17.1. The first-order chi connectivity index (χ1) is 15.0. The highest BCUT2D eigenvalue weighted by Crippen LogP contribution is 2.25. The maximum atomic E-state index is 12.6. The van der Waals surface area contributed by atoms with Gasteiger partial charge in [0, 0.05) is 41.9 Å². The van der Waals surface area contributed by atoms with Crippen LogP contribution in [0.5, 0.6) is 0 Å². The van der Waals surface area contributed by atoms with Crippen LogP contribution in [-0.4, -0.2) is 50.8 Å². The van der Waals surface area contributed by atoms with E-state index in [0.717, 1.165) is 37.7 Å². The standard InChI is InChI=1S/C23H22ClN5O2/c1-28(22-12-16(14-25)20-13-17(24)2-7-21(20)27-22)15-23(30)26-18-3-5-19(6-4-18)29-8-10-31-11-9-29/h2-7,12-13H,8-11,15H2,1H3,(H,26,30). The fraction of sp³-hybridized carbons (Fsp3) is 0.261. The highest BCUT2D eigenvalue weighted by atomic mass is 35.5. The molecule has 0 atom stereocenters. The lowest BCUT2D eigenvalue weighted by molar-refractivity contribution is -0.114. The number of halogens is 1. The Hall–Kier alpha value is -3.34. The number of pyridine rings is 1. The molecule has 0 radical (unpaired) electrons. The zero-order chi connectivity index (χ0) is 21.8. The Kier molecular flexibility index (Phi) is 6.21. The predicted octanol–water partition coefficient (Wildman–Crippen LogP) is 3.67. The van der Waals surface area contributed by atoms with Gasteiger partial charge in [0.2, 0.25) is 5.91 Å².